The fraction of sp³-hybridized carbons (Fsp3) is 0.389. The van der Waals surface area contributed by atoms with Crippen LogP contribution in [0.5, 0.6) is 0 Å². The first-order chi connectivity index (χ1) is 12.1. The van der Waals surface area contributed by atoms with E-state index < -0.39 is 5.97 Å². The number of aromatic nitrogens is 4. The van der Waals surface area contributed by atoms with Crippen LogP contribution in [-0.4, -0.2) is 30.2 Å². The first-order valence-corrected chi connectivity index (χ1v) is 9.63. The van der Waals surface area contributed by atoms with Crippen molar-refractivity contribution in [3.63, 3.8) is 0 Å². The van der Waals surface area contributed by atoms with E-state index in [-0.39, 0.29) is 5.56 Å². The fourth-order valence-corrected chi connectivity index (χ4v) is 4.24. The number of rotatable bonds is 4. The highest BCUT2D eigenvalue weighted by Gasteiger charge is 2.20. The molecule has 0 amide bonds. The Balaban J connectivity index is 1.70. The lowest BCUT2D eigenvalue weighted by Gasteiger charge is -2.21. The zero-order valence-corrected chi connectivity index (χ0v) is 15.9. The highest BCUT2D eigenvalue weighted by molar-refractivity contribution is 14.1. The van der Waals surface area contributed by atoms with Crippen LogP contribution in [0.25, 0.3) is 16.8 Å². The summed E-state index contributed by atoms with van der Waals surface area (Å²) in [5.41, 5.74) is 2.18. The zero-order chi connectivity index (χ0) is 17.4. The van der Waals surface area contributed by atoms with E-state index in [0.717, 1.165) is 15.8 Å². The molecule has 3 aromatic heterocycles. The second kappa shape index (κ2) is 6.78. The van der Waals surface area contributed by atoms with Crippen LogP contribution in [0.15, 0.2) is 30.9 Å². The number of carbonyl (C=O) groups is 1. The van der Waals surface area contributed by atoms with Gasteiger partial charge in [-0.1, -0.05) is 19.3 Å². The summed E-state index contributed by atoms with van der Waals surface area (Å²) in [4.78, 5) is 16.1. The highest BCUT2D eigenvalue weighted by atomic mass is 127. The summed E-state index contributed by atoms with van der Waals surface area (Å²) in [6.45, 7) is 0.909. The Labute approximate surface area is 159 Å². The quantitative estimate of drug-likeness (QED) is 0.609. The third kappa shape index (κ3) is 3.17. The van der Waals surface area contributed by atoms with Gasteiger partial charge in [-0.2, -0.15) is 5.10 Å². The van der Waals surface area contributed by atoms with Crippen molar-refractivity contribution in [2.24, 2.45) is 5.92 Å². The third-order valence-corrected chi connectivity index (χ3v) is 5.76. The number of carboxylic acid groups (broad SMARTS) is 1. The molecule has 1 aliphatic carbocycles. The second-order valence-corrected chi connectivity index (χ2v) is 7.74. The number of hydrogen-bond donors (Lipinski definition) is 1. The van der Waals surface area contributed by atoms with Gasteiger partial charge >= 0.3 is 5.97 Å². The van der Waals surface area contributed by atoms with Gasteiger partial charge in [-0.05, 0) is 47.4 Å². The molecule has 1 N–H and O–H groups in total. The molecule has 0 bridgehead atoms. The van der Waals surface area contributed by atoms with E-state index in [1.165, 1.54) is 32.1 Å². The van der Waals surface area contributed by atoms with E-state index in [2.05, 4.69) is 32.7 Å². The predicted molar refractivity (Wildman–Crippen MR) is 103 cm³/mol. The summed E-state index contributed by atoms with van der Waals surface area (Å²) >= 11 is 2.15. The Hall–Kier alpha value is -1.90. The lowest BCUT2D eigenvalue weighted by molar-refractivity contribution is 0.0699. The maximum Gasteiger partial charge on any atom is 0.340 e. The molecule has 0 radical (unpaired) electrons. The number of halogens is 1. The van der Waals surface area contributed by atoms with Gasteiger partial charge in [0, 0.05) is 30.1 Å². The maximum atomic E-state index is 11.9. The van der Waals surface area contributed by atoms with Crippen molar-refractivity contribution in [1.29, 1.82) is 0 Å². The molecular formula is C18H19IN4O2. The van der Waals surface area contributed by atoms with Crippen molar-refractivity contribution in [2.45, 2.75) is 38.6 Å². The average Bonchev–Trinajstić information content (AvgIpc) is 3.22. The van der Waals surface area contributed by atoms with Crippen LogP contribution in [0.1, 0.15) is 42.5 Å². The molecule has 1 fully saturated rings. The van der Waals surface area contributed by atoms with Crippen LogP contribution in [-0.2, 0) is 6.54 Å². The number of aromatic carboxylic acids is 1. The Morgan fingerprint density at radius 2 is 2.08 bits per heavy atom. The lowest BCUT2D eigenvalue weighted by atomic mass is 9.89. The van der Waals surface area contributed by atoms with Crippen molar-refractivity contribution < 1.29 is 9.90 Å². The number of fused-ring (bicyclic) bond motifs is 1. The van der Waals surface area contributed by atoms with E-state index in [4.69, 9.17) is 0 Å². The molecule has 0 unspecified atom stereocenters. The van der Waals surface area contributed by atoms with E-state index in [1.54, 1.807) is 16.8 Å². The van der Waals surface area contributed by atoms with Crippen LogP contribution in [0.4, 0.5) is 0 Å². The maximum absolute atomic E-state index is 11.9. The van der Waals surface area contributed by atoms with Gasteiger partial charge < -0.3 is 5.11 Å². The van der Waals surface area contributed by atoms with Gasteiger partial charge in [0.25, 0.3) is 0 Å². The summed E-state index contributed by atoms with van der Waals surface area (Å²) in [7, 11) is 0. The molecule has 0 atom stereocenters. The van der Waals surface area contributed by atoms with Gasteiger partial charge in [0.2, 0.25) is 0 Å². The lowest BCUT2D eigenvalue weighted by Crippen LogP contribution is -2.14. The summed E-state index contributed by atoms with van der Waals surface area (Å²) in [5, 5.41) is 14.2. The van der Waals surface area contributed by atoms with E-state index in [1.807, 2.05) is 23.1 Å². The molecule has 1 aliphatic rings. The Morgan fingerprint density at radius 1 is 1.28 bits per heavy atom. The number of hydrogen-bond acceptors (Lipinski definition) is 3. The largest absolute Gasteiger partial charge is 0.478 e. The second-order valence-electron chi connectivity index (χ2n) is 6.64. The van der Waals surface area contributed by atoms with Gasteiger partial charge in [0.15, 0.2) is 5.65 Å². The minimum atomic E-state index is -0.970. The zero-order valence-electron chi connectivity index (χ0n) is 13.7. The van der Waals surface area contributed by atoms with Crippen molar-refractivity contribution in [3.05, 3.63) is 40.1 Å². The summed E-state index contributed by atoms with van der Waals surface area (Å²) in [6, 6.07) is 1.84. The van der Waals surface area contributed by atoms with Gasteiger partial charge in [-0.3, -0.25) is 9.08 Å². The van der Waals surface area contributed by atoms with Crippen molar-refractivity contribution >= 4 is 34.2 Å². The Kier molecular flexibility index (Phi) is 4.49. The van der Waals surface area contributed by atoms with Gasteiger partial charge in [-0.15, -0.1) is 0 Å². The fourth-order valence-electron chi connectivity index (χ4n) is 3.71. The average molecular weight is 450 g/mol. The third-order valence-electron chi connectivity index (χ3n) is 4.96. The number of pyridine rings is 1. The van der Waals surface area contributed by atoms with Crippen molar-refractivity contribution in [1.82, 2.24) is 19.2 Å². The topological polar surface area (TPSA) is 72.4 Å². The van der Waals surface area contributed by atoms with Crippen LogP contribution in [0.3, 0.4) is 0 Å². The molecule has 7 heteroatoms. The molecule has 130 valence electrons. The van der Waals surface area contributed by atoms with Crippen LogP contribution in [0.2, 0.25) is 0 Å². The van der Waals surface area contributed by atoms with E-state index in [0.29, 0.717) is 17.1 Å². The summed E-state index contributed by atoms with van der Waals surface area (Å²) < 4.78 is 4.63. The molecule has 4 rings (SSSR count). The van der Waals surface area contributed by atoms with Crippen LogP contribution in [0, 0.1) is 9.62 Å². The summed E-state index contributed by atoms with van der Waals surface area (Å²) in [6.07, 6.45) is 13.7. The van der Waals surface area contributed by atoms with Crippen molar-refractivity contribution in [2.75, 3.05) is 0 Å². The smallest absolute Gasteiger partial charge is 0.340 e. The minimum Gasteiger partial charge on any atom is -0.478 e. The van der Waals surface area contributed by atoms with Gasteiger partial charge in [0.1, 0.15) is 9.26 Å². The first kappa shape index (κ1) is 16.6. The molecule has 1 saturated carbocycles. The molecule has 3 aromatic rings. The monoisotopic (exact) mass is 450 g/mol. The van der Waals surface area contributed by atoms with Crippen LogP contribution >= 0.6 is 22.6 Å². The molecule has 3 heterocycles. The Morgan fingerprint density at radius 3 is 2.84 bits per heavy atom. The predicted octanol–water partition coefficient (Wildman–Crippen LogP) is 4.08. The van der Waals surface area contributed by atoms with E-state index >= 15 is 0 Å². The molecule has 0 saturated heterocycles. The van der Waals surface area contributed by atoms with Gasteiger partial charge in [0.05, 0.1) is 12.4 Å². The molecule has 6 nitrogen and oxygen atoms in total. The molecule has 0 spiro atoms. The molecular weight excluding hydrogens is 431 g/mol. The molecule has 0 aromatic carbocycles. The first-order valence-electron chi connectivity index (χ1n) is 8.55. The number of nitrogens with zero attached hydrogens (tertiary/aromatic N) is 4. The van der Waals surface area contributed by atoms with Gasteiger partial charge in [-0.25, -0.2) is 9.78 Å². The molecule has 0 aliphatic heterocycles. The standard InChI is InChI=1S/C18H19IN4O2/c19-15-9-20-17-16(18(24)25)14(6-7-23(15)17)13-8-21-22(11-13)10-12-4-2-1-3-5-12/h6-9,11-12H,1-5,10H2,(H,24,25). The molecule has 25 heavy (non-hydrogen) atoms. The minimum absolute atomic E-state index is 0.225. The number of imidazole rings is 1. The van der Waals surface area contributed by atoms with Crippen LogP contribution < -0.4 is 0 Å². The normalized spacial score (nSPS) is 15.7. The SMILES string of the molecule is O=C(O)c1c(-c2cnn(CC3CCCCC3)c2)ccn2c(I)cnc12. The highest BCUT2D eigenvalue weighted by Crippen LogP contribution is 2.29. The van der Waals surface area contributed by atoms with Crippen molar-refractivity contribution in [3.8, 4) is 11.1 Å². The Bertz CT molecular complexity index is 924. The van der Waals surface area contributed by atoms with E-state index in [9.17, 15) is 9.90 Å². The summed E-state index contributed by atoms with van der Waals surface area (Å²) in [5.74, 6) is -0.292. The number of carboxylic acids is 1.